The average Bonchev–Trinajstić information content (AvgIpc) is 3.03. The number of esters is 1. The molecule has 0 atom stereocenters. The van der Waals surface area contributed by atoms with Crippen LogP contribution in [0.15, 0.2) is 77.5 Å². The molecule has 0 bridgehead atoms. The molecular weight excluding hydrogens is 499 g/mol. The van der Waals surface area contributed by atoms with Gasteiger partial charge in [-0.1, -0.05) is 59.9 Å². The van der Waals surface area contributed by atoms with E-state index >= 15 is 0 Å². The highest BCUT2D eigenvalue weighted by molar-refractivity contribution is 6.53. The highest BCUT2D eigenvalue weighted by Gasteiger charge is 2.39. The number of carbonyl (C=O) groups excluding carboxylic acids is 3. The number of halogens is 3. The Kier molecular flexibility index (Phi) is 6.93. The molecule has 0 fully saturated rings. The van der Waals surface area contributed by atoms with Gasteiger partial charge in [-0.25, -0.2) is 9.69 Å². The van der Waals surface area contributed by atoms with Gasteiger partial charge in [0.2, 0.25) is 0 Å². The number of carbonyl (C=O) groups is 3. The van der Waals surface area contributed by atoms with Crippen molar-refractivity contribution in [1.82, 2.24) is 0 Å². The van der Waals surface area contributed by atoms with E-state index in [0.29, 0.717) is 22.0 Å². The Morgan fingerprint density at radius 3 is 2.32 bits per heavy atom. The molecule has 2 amide bonds. The molecule has 1 heterocycles. The molecule has 0 spiro atoms. The maximum absolute atomic E-state index is 12.9. The van der Waals surface area contributed by atoms with E-state index in [9.17, 15) is 14.4 Å². The zero-order valence-corrected chi connectivity index (χ0v) is 20.0. The number of rotatable bonds is 6. The van der Waals surface area contributed by atoms with Crippen LogP contribution in [0.25, 0.3) is 0 Å². The van der Waals surface area contributed by atoms with Gasteiger partial charge in [0.15, 0.2) is 0 Å². The van der Waals surface area contributed by atoms with Crippen LogP contribution in [0.1, 0.15) is 22.8 Å². The fourth-order valence-corrected chi connectivity index (χ4v) is 4.09. The summed E-state index contributed by atoms with van der Waals surface area (Å²) in [5.41, 5.74) is 1.75. The zero-order valence-electron chi connectivity index (χ0n) is 17.8. The Morgan fingerprint density at radius 1 is 0.941 bits per heavy atom. The summed E-state index contributed by atoms with van der Waals surface area (Å²) in [5, 5.41) is 3.06. The normalized spacial score (nSPS) is 13.5. The first-order valence-electron chi connectivity index (χ1n) is 10.2. The van der Waals surface area contributed by atoms with Crippen molar-refractivity contribution in [2.75, 3.05) is 10.2 Å². The lowest BCUT2D eigenvalue weighted by Gasteiger charge is -2.16. The maximum atomic E-state index is 12.9. The summed E-state index contributed by atoms with van der Waals surface area (Å²) in [6.07, 6.45) is 0.729. The molecule has 172 valence electrons. The predicted octanol–water partition coefficient (Wildman–Crippen LogP) is 6.21. The number of ether oxygens (including phenoxy) is 1. The van der Waals surface area contributed by atoms with E-state index in [1.807, 2.05) is 19.1 Å². The standard InChI is InChI=1S/C25H17Cl3N2O4/c1-2-14-5-3-4-6-20(14)34-25(33)15-7-10-17(11-8-15)29-22-21(28)23(31)30(24(22)32)19-12-9-16(26)13-18(19)27/h3-13,29H,2H2,1H3. The number of aryl methyl sites for hydroxylation is 1. The SMILES string of the molecule is CCc1ccccc1OC(=O)c1ccc(NC2=C(Cl)C(=O)N(c3ccc(Cl)cc3Cl)C2=O)cc1. The number of benzene rings is 3. The molecule has 1 aliphatic rings. The second kappa shape index (κ2) is 9.89. The van der Waals surface area contributed by atoms with Crippen molar-refractivity contribution >= 4 is 64.0 Å². The summed E-state index contributed by atoms with van der Waals surface area (Å²) in [6.45, 7) is 1.98. The van der Waals surface area contributed by atoms with E-state index in [1.54, 1.807) is 36.4 Å². The molecule has 0 radical (unpaired) electrons. The van der Waals surface area contributed by atoms with Crippen LogP contribution in [0, 0.1) is 0 Å². The van der Waals surface area contributed by atoms with Crippen LogP contribution in [0.5, 0.6) is 5.75 Å². The molecule has 4 rings (SSSR count). The quantitative estimate of drug-likeness (QED) is 0.240. The second-order valence-electron chi connectivity index (χ2n) is 7.28. The average molecular weight is 516 g/mol. The van der Waals surface area contributed by atoms with Crippen molar-refractivity contribution in [3.05, 3.63) is 98.6 Å². The lowest BCUT2D eigenvalue weighted by Crippen LogP contribution is -2.32. The van der Waals surface area contributed by atoms with Crippen LogP contribution in [0.3, 0.4) is 0 Å². The summed E-state index contributed by atoms with van der Waals surface area (Å²) in [6, 6.07) is 18.0. The van der Waals surface area contributed by atoms with Crippen molar-refractivity contribution in [3.8, 4) is 5.75 Å². The molecule has 9 heteroatoms. The van der Waals surface area contributed by atoms with Gasteiger partial charge in [-0.3, -0.25) is 9.59 Å². The molecule has 0 unspecified atom stereocenters. The lowest BCUT2D eigenvalue weighted by atomic mass is 10.1. The van der Waals surface area contributed by atoms with Gasteiger partial charge in [0.1, 0.15) is 16.5 Å². The number of anilines is 2. The van der Waals surface area contributed by atoms with Crippen molar-refractivity contribution in [3.63, 3.8) is 0 Å². The van der Waals surface area contributed by atoms with E-state index < -0.39 is 17.8 Å². The van der Waals surface area contributed by atoms with Crippen LogP contribution in [0.4, 0.5) is 11.4 Å². The number of nitrogens with one attached hydrogen (secondary N) is 1. The van der Waals surface area contributed by atoms with Gasteiger partial charge in [-0.2, -0.15) is 0 Å². The molecule has 0 saturated heterocycles. The summed E-state index contributed by atoms with van der Waals surface area (Å²) in [4.78, 5) is 39.0. The third kappa shape index (κ3) is 4.66. The highest BCUT2D eigenvalue weighted by atomic mass is 35.5. The van der Waals surface area contributed by atoms with Gasteiger partial charge in [-0.15, -0.1) is 0 Å². The highest BCUT2D eigenvalue weighted by Crippen LogP contribution is 2.35. The van der Waals surface area contributed by atoms with E-state index in [4.69, 9.17) is 39.5 Å². The van der Waals surface area contributed by atoms with E-state index in [2.05, 4.69) is 5.32 Å². The summed E-state index contributed by atoms with van der Waals surface area (Å²) >= 11 is 18.2. The first-order chi connectivity index (χ1) is 16.3. The van der Waals surface area contributed by atoms with Crippen LogP contribution >= 0.6 is 34.8 Å². The first kappa shape index (κ1) is 23.8. The second-order valence-corrected chi connectivity index (χ2v) is 8.51. The minimum Gasteiger partial charge on any atom is -0.423 e. The van der Waals surface area contributed by atoms with E-state index in [-0.39, 0.29) is 21.4 Å². The minimum absolute atomic E-state index is 0.107. The van der Waals surface area contributed by atoms with Gasteiger partial charge >= 0.3 is 5.97 Å². The van der Waals surface area contributed by atoms with Gasteiger partial charge < -0.3 is 10.1 Å². The zero-order chi connectivity index (χ0) is 24.4. The van der Waals surface area contributed by atoms with Gasteiger partial charge in [0.05, 0.1) is 16.3 Å². The molecule has 0 aliphatic carbocycles. The molecule has 3 aromatic rings. The molecule has 0 aromatic heterocycles. The minimum atomic E-state index is -0.715. The third-order valence-corrected chi connectivity index (χ3v) is 6.01. The predicted molar refractivity (Wildman–Crippen MR) is 133 cm³/mol. The molecular formula is C25H17Cl3N2O4. The van der Waals surface area contributed by atoms with Gasteiger partial charge in [0, 0.05) is 10.7 Å². The number of amides is 2. The fraction of sp³-hybridized carbons (Fsp3) is 0.0800. The monoisotopic (exact) mass is 514 g/mol. The lowest BCUT2D eigenvalue weighted by molar-refractivity contribution is -0.120. The molecule has 6 nitrogen and oxygen atoms in total. The van der Waals surface area contributed by atoms with Gasteiger partial charge in [0.25, 0.3) is 11.8 Å². The number of imide groups is 1. The van der Waals surface area contributed by atoms with Crippen LogP contribution in [-0.4, -0.2) is 17.8 Å². The summed E-state index contributed by atoms with van der Waals surface area (Å²) < 4.78 is 5.51. The van der Waals surface area contributed by atoms with Crippen molar-refractivity contribution < 1.29 is 19.1 Å². The Balaban J connectivity index is 1.50. The van der Waals surface area contributed by atoms with Crippen molar-refractivity contribution in [2.45, 2.75) is 13.3 Å². The number of nitrogens with zero attached hydrogens (tertiary/aromatic N) is 1. The number of hydrogen-bond donors (Lipinski definition) is 1. The van der Waals surface area contributed by atoms with Crippen molar-refractivity contribution in [1.29, 1.82) is 0 Å². The van der Waals surface area contributed by atoms with E-state index in [0.717, 1.165) is 16.9 Å². The molecule has 0 saturated carbocycles. The molecule has 34 heavy (non-hydrogen) atoms. The van der Waals surface area contributed by atoms with Crippen LogP contribution in [-0.2, 0) is 16.0 Å². The van der Waals surface area contributed by atoms with Crippen LogP contribution < -0.4 is 15.0 Å². The summed E-state index contributed by atoms with van der Waals surface area (Å²) in [7, 11) is 0. The third-order valence-electron chi connectivity index (χ3n) is 5.12. The largest absolute Gasteiger partial charge is 0.423 e. The smallest absolute Gasteiger partial charge is 0.343 e. The van der Waals surface area contributed by atoms with E-state index in [1.165, 1.54) is 18.2 Å². The van der Waals surface area contributed by atoms with Crippen LogP contribution in [0.2, 0.25) is 10.0 Å². The molecule has 1 N–H and O–H groups in total. The topological polar surface area (TPSA) is 75.7 Å². The van der Waals surface area contributed by atoms with Crippen molar-refractivity contribution in [2.24, 2.45) is 0 Å². The fourth-order valence-electron chi connectivity index (χ4n) is 3.38. The van der Waals surface area contributed by atoms with Gasteiger partial charge in [-0.05, 0) is 60.5 Å². The Bertz CT molecular complexity index is 1340. The maximum Gasteiger partial charge on any atom is 0.343 e. The Labute approximate surface area is 210 Å². The Morgan fingerprint density at radius 2 is 1.65 bits per heavy atom. The first-order valence-corrected chi connectivity index (χ1v) is 11.3. The molecule has 1 aliphatic heterocycles. The number of hydrogen-bond acceptors (Lipinski definition) is 5. The molecule has 3 aromatic carbocycles. The Hall–Kier alpha value is -3.32. The number of para-hydroxylation sites is 1. The summed E-state index contributed by atoms with van der Waals surface area (Å²) in [5.74, 6) is -1.39.